The second-order valence-corrected chi connectivity index (χ2v) is 5.61. The zero-order valence-electron chi connectivity index (χ0n) is 16.0. The Morgan fingerprint density at radius 1 is 0.750 bits per heavy atom. The first-order chi connectivity index (χ1) is 13.7. The Bertz CT molecular complexity index is 526. The topological polar surface area (TPSA) is 113 Å². The fourth-order valence-corrected chi connectivity index (χ4v) is 1.97. The number of ether oxygens (including phenoxy) is 5. The van der Waals surface area contributed by atoms with Crippen LogP contribution in [-0.4, -0.2) is 83.0 Å². The number of hydrogen-bond donors (Lipinski definition) is 2. The lowest BCUT2D eigenvalue weighted by atomic mass is 10.2. The molecule has 0 spiro atoms. The minimum absolute atomic E-state index is 0.285. The van der Waals surface area contributed by atoms with Gasteiger partial charge in [0.05, 0.1) is 52.9 Å². The molecule has 0 saturated carbocycles. The molecule has 158 valence electrons. The van der Waals surface area contributed by atoms with Crippen LogP contribution in [0.5, 0.6) is 0 Å². The number of carboxylic acids is 1. The molecule has 0 atom stereocenters. The predicted molar refractivity (Wildman–Crippen MR) is 100 cm³/mol. The number of hydrogen-bond acceptors (Lipinski definition) is 7. The van der Waals surface area contributed by atoms with Crippen LogP contribution in [0.3, 0.4) is 0 Å². The first-order valence-electron chi connectivity index (χ1n) is 9.09. The second kappa shape index (κ2) is 17.1. The van der Waals surface area contributed by atoms with Gasteiger partial charge < -0.3 is 34.1 Å². The minimum atomic E-state index is -1.11. The van der Waals surface area contributed by atoms with E-state index in [1.54, 1.807) is 0 Å². The first kappa shape index (κ1) is 24.0. The highest BCUT2D eigenvalue weighted by Crippen LogP contribution is 1.99. The molecule has 0 bridgehead atoms. The van der Waals surface area contributed by atoms with Crippen molar-refractivity contribution in [1.29, 1.82) is 0 Å². The van der Waals surface area contributed by atoms with Gasteiger partial charge in [-0.05, 0) is 5.56 Å². The number of nitrogens with one attached hydrogen (secondary N) is 1. The lowest BCUT2D eigenvalue weighted by molar-refractivity contribution is -0.143. The van der Waals surface area contributed by atoms with Crippen molar-refractivity contribution in [3.05, 3.63) is 35.9 Å². The van der Waals surface area contributed by atoms with E-state index in [1.165, 1.54) is 0 Å². The van der Waals surface area contributed by atoms with Gasteiger partial charge in [-0.15, -0.1) is 0 Å². The Morgan fingerprint density at radius 3 is 1.93 bits per heavy atom. The summed E-state index contributed by atoms with van der Waals surface area (Å²) >= 11 is 0. The van der Waals surface area contributed by atoms with Crippen LogP contribution in [0.1, 0.15) is 5.56 Å². The molecule has 0 aliphatic rings. The lowest BCUT2D eigenvalue weighted by Crippen LogP contribution is -2.31. The van der Waals surface area contributed by atoms with Gasteiger partial charge in [0.1, 0.15) is 13.2 Å². The molecule has 1 aromatic rings. The maximum Gasteiger partial charge on any atom is 0.329 e. The summed E-state index contributed by atoms with van der Waals surface area (Å²) in [6, 6.07) is 9.96. The fraction of sp³-hybridized carbons (Fsp3) is 0.579. The van der Waals surface area contributed by atoms with E-state index in [-0.39, 0.29) is 12.5 Å². The monoisotopic (exact) mass is 399 g/mol. The van der Waals surface area contributed by atoms with Gasteiger partial charge in [0.15, 0.2) is 0 Å². The van der Waals surface area contributed by atoms with Crippen LogP contribution in [0.15, 0.2) is 30.3 Å². The van der Waals surface area contributed by atoms with E-state index in [1.807, 2.05) is 30.3 Å². The Labute approximate surface area is 164 Å². The van der Waals surface area contributed by atoms with Gasteiger partial charge in [0.2, 0.25) is 5.91 Å². The SMILES string of the molecule is O=C(O)COCC(=O)NCCOCCOCCOCCOCc1ccccc1. The van der Waals surface area contributed by atoms with Gasteiger partial charge in [-0.2, -0.15) is 0 Å². The minimum Gasteiger partial charge on any atom is -0.480 e. The molecule has 28 heavy (non-hydrogen) atoms. The average Bonchev–Trinajstić information content (AvgIpc) is 2.68. The summed E-state index contributed by atoms with van der Waals surface area (Å²) in [7, 11) is 0. The van der Waals surface area contributed by atoms with Crippen molar-refractivity contribution < 1.29 is 38.4 Å². The molecule has 2 N–H and O–H groups in total. The molecular formula is C19H29NO8. The molecule has 0 unspecified atom stereocenters. The van der Waals surface area contributed by atoms with E-state index in [4.69, 9.17) is 24.1 Å². The first-order valence-corrected chi connectivity index (χ1v) is 9.09. The fourth-order valence-electron chi connectivity index (χ4n) is 1.97. The summed E-state index contributed by atoms with van der Waals surface area (Å²) in [4.78, 5) is 21.5. The van der Waals surface area contributed by atoms with Crippen molar-refractivity contribution in [3.63, 3.8) is 0 Å². The highest BCUT2D eigenvalue weighted by Gasteiger charge is 2.02. The number of amides is 1. The van der Waals surface area contributed by atoms with E-state index in [0.717, 1.165) is 5.56 Å². The van der Waals surface area contributed by atoms with Crippen molar-refractivity contribution in [2.75, 3.05) is 66.0 Å². The highest BCUT2D eigenvalue weighted by molar-refractivity contribution is 5.77. The van der Waals surface area contributed by atoms with Crippen LogP contribution in [0.4, 0.5) is 0 Å². The summed E-state index contributed by atoms with van der Waals surface area (Å²) < 4.78 is 26.2. The van der Waals surface area contributed by atoms with Crippen LogP contribution in [-0.2, 0) is 39.9 Å². The van der Waals surface area contributed by atoms with E-state index < -0.39 is 12.6 Å². The zero-order valence-corrected chi connectivity index (χ0v) is 16.0. The molecule has 0 aromatic heterocycles. The van der Waals surface area contributed by atoms with Crippen molar-refractivity contribution in [1.82, 2.24) is 5.32 Å². The summed E-state index contributed by atoms with van der Waals surface area (Å²) in [5.74, 6) is -1.50. The number of rotatable bonds is 18. The van der Waals surface area contributed by atoms with Gasteiger partial charge in [0.25, 0.3) is 0 Å². The second-order valence-electron chi connectivity index (χ2n) is 5.61. The van der Waals surface area contributed by atoms with Crippen LogP contribution >= 0.6 is 0 Å². The Kier molecular flexibility index (Phi) is 14.6. The zero-order chi connectivity index (χ0) is 20.3. The van der Waals surface area contributed by atoms with Crippen LogP contribution in [0, 0.1) is 0 Å². The molecule has 1 rings (SSSR count). The van der Waals surface area contributed by atoms with E-state index in [2.05, 4.69) is 10.1 Å². The van der Waals surface area contributed by atoms with Crippen molar-refractivity contribution in [2.24, 2.45) is 0 Å². The van der Waals surface area contributed by atoms with Crippen molar-refractivity contribution >= 4 is 11.9 Å². The highest BCUT2D eigenvalue weighted by atomic mass is 16.6. The van der Waals surface area contributed by atoms with Crippen molar-refractivity contribution in [2.45, 2.75) is 6.61 Å². The third-order valence-electron chi connectivity index (χ3n) is 3.25. The molecule has 9 nitrogen and oxygen atoms in total. The molecule has 0 aliphatic heterocycles. The van der Waals surface area contributed by atoms with E-state index in [9.17, 15) is 9.59 Å². The standard InChI is InChI=1S/C19H29NO8/c21-18(15-28-16-19(22)23)20-6-7-24-8-9-25-10-11-26-12-13-27-14-17-4-2-1-3-5-17/h1-5H,6-16H2,(H,20,21)(H,22,23). The summed E-state index contributed by atoms with van der Waals surface area (Å²) in [6.07, 6.45) is 0. The van der Waals surface area contributed by atoms with E-state index >= 15 is 0 Å². The molecule has 0 radical (unpaired) electrons. The third kappa shape index (κ3) is 15.1. The Morgan fingerprint density at radius 2 is 1.32 bits per heavy atom. The smallest absolute Gasteiger partial charge is 0.329 e. The molecule has 0 saturated heterocycles. The number of aliphatic carboxylic acids is 1. The molecule has 0 fully saturated rings. The lowest BCUT2D eigenvalue weighted by Gasteiger charge is -2.08. The Hall–Kier alpha value is -2.04. The van der Waals surface area contributed by atoms with Crippen LogP contribution < -0.4 is 5.32 Å². The van der Waals surface area contributed by atoms with Crippen molar-refractivity contribution in [3.8, 4) is 0 Å². The maximum atomic E-state index is 11.3. The summed E-state index contributed by atoms with van der Waals surface area (Å²) in [6.45, 7) is 3.31. The van der Waals surface area contributed by atoms with Gasteiger partial charge >= 0.3 is 5.97 Å². The summed E-state index contributed by atoms with van der Waals surface area (Å²) in [5.41, 5.74) is 1.14. The number of carboxylic acid groups (broad SMARTS) is 1. The molecular weight excluding hydrogens is 370 g/mol. The average molecular weight is 399 g/mol. The quantitative estimate of drug-likeness (QED) is 0.343. The Balaban J connectivity index is 1.75. The predicted octanol–water partition coefficient (Wildman–Crippen LogP) is 0.470. The number of carbonyl (C=O) groups is 2. The normalized spacial score (nSPS) is 10.7. The van der Waals surface area contributed by atoms with Gasteiger partial charge in [0, 0.05) is 6.54 Å². The summed E-state index contributed by atoms with van der Waals surface area (Å²) in [5, 5.41) is 10.9. The largest absolute Gasteiger partial charge is 0.480 e. The molecule has 0 heterocycles. The molecule has 9 heteroatoms. The molecule has 0 aliphatic carbocycles. The van der Waals surface area contributed by atoms with Gasteiger partial charge in [-0.3, -0.25) is 4.79 Å². The number of benzene rings is 1. The third-order valence-corrected chi connectivity index (χ3v) is 3.25. The maximum absolute atomic E-state index is 11.3. The number of carbonyl (C=O) groups excluding carboxylic acids is 1. The van der Waals surface area contributed by atoms with Gasteiger partial charge in [-0.1, -0.05) is 30.3 Å². The van der Waals surface area contributed by atoms with E-state index in [0.29, 0.717) is 59.4 Å². The van der Waals surface area contributed by atoms with Crippen LogP contribution in [0.2, 0.25) is 0 Å². The molecule has 1 amide bonds. The molecule has 1 aromatic carbocycles. The van der Waals surface area contributed by atoms with Gasteiger partial charge in [-0.25, -0.2) is 4.79 Å². The van der Waals surface area contributed by atoms with Crippen LogP contribution in [0.25, 0.3) is 0 Å².